The first-order chi connectivity index (χ1) is 6.65. The fourth-order valence-electron chi connectivity index (χ4n) is 1.15. The number of benzene rings is 1. The third-order valence-electron chi connectivity index (χ3n) is 1.88. The molecule has 3 heteroatoms. The molecule has 0 saturated heterocycles. The van der Waals surface area contributed by atoms with Crippen LogP contribution >= 0.6 is 11.6 Å². The number of aliphatic hydroxyl groups excluding tert-OH is 1. The van der Waals surface area contributed by atoms with E-state index in [0.29, 0.717) is 11.4 Å². The van der Waals surface area contributed by atoms with Crippen LogP contribution in [0.25, 0.3) is 6.08 Å². The molecule has 1 aromatic carbocycles. The van der Waals surface area contributed by atoms with Gasteiger partial charge in [-0.05, 0) is 36.6 Å². The molecule has 0 amide bonds. The molecule has 14 heavy (non-hydrogen) atoms. The number of phenolic OH excluding ortho intramolecular Hbond substituents is 1. The van der Waals surface area contributed by atoms with Gasteiger partial charge in [0.15, 0.2) is 0 Å². The minimum Gasteiger partial charge on any atom is -0.506 e. The van der Waals surface area contributed by atoms with Crippen LogP contribution in [0.15, 0.2) is 18.2 Å². The van der Waals surface area contributed by atoms with E-state index in [1.54, 1.807) is 13.0 Å². The minimum absolute atomic E-state index is 0.131. The van der Waals surface area contributed by atoms with Gasteiger partial charge < -0.3 is 10.2 Å². The maximum Gasteiger partial charge on any atom is 0.137 e. The Bertz CT molecular complexity index is 322. The topological polar surface area (TPSA) is 40.5 Å². The lowest BCUT2D eigenvalue weighted by Gasteiger charge is -2.02. The first kappa shape index (κ1) is 11.1. The van der Waals surface area contributed by atoms with E-state index in [4.69, 9.17) is 16.7 Å². The first-order valence-corrected chi connectivity index (χ1v) is 4.79. The third-order valence-corrected chi connectivity index (χ3v) is 2.17. The van der Waals surface area contributed by atoms with Crippen molar-refractivity contribution in [3.05, 3.63) is 34.4 Å². The molecule has 0 spiro atoms. The normalized spacial score (nSPS) is 11.1. The number of aryl methyl sites for hydroxylation is 1. The van der Waals surface area contributed by atoms with Gasteiger partial charge in [-0.1, -0.05) is 23.8 Å². The van der Waals surface area contributed by atoms with Crippen LogP contribution in [0.5, 0.6) is 5.75 Å². The van der Waals surface area contributed by atoms with Crippen molar-refractivity contribution < 1.29 is 10.2 Å². The summed E-state index contributed by atoms with van der Waals surface area (Å²) in [5, 5.41) is 18.3. The van der Waals surface area contributed by atoms with E-state index in [1.807, 2.05) is 18.2 Å². The van der Waals surface area contributed by atoms with Gasteiger partial charge in [0.1, 0.15) is 5.75 Å². The summed E-state index contributed by atoms with van der Waals surface area (Å²) in [6.45, 7) is 1.94. The Kier molecular flexibility index (Phi) is 3.98. The maximum atomic E-state index is 9.41. The Balaban J connectivity index is 2.89. The van der Waals surface area contributed by atoms with Crippen molar-refractivity contribution in [1.29, 1.82) is 0 Å². The number of rotatable bonds is 3. The SMILES string of the molecule is Cc1cc(C=CCCO)cc(Cl)c1O. The van der Waals surface area contributed by atoms with Crippen LogP contribution < -0.4 is 0 Å². The average molecular weight is 213 g/mol. The Labute approximate surface area is 88.5 Å². The molecular weight excluding hydrogens is 200 g/mol. The predicted molar refractivity (Wildman–Crippen MR) is 58.6 cm³/mol. The number of hydrogen-bond donors (Lipinski definition) is 2. The fourth-order valence-corrected chi connectivity index (χ4v) is 1.43. The highest BCUT2D eigenvalue weighted by Crippen LogP contribution is 2.28. The molecule has 0 aromatic heterocycles. The molecule has 0 unspecified atom stereocenters. The molecule has 0 atom stereocenters. The zero-order valence-corrected chi connectivity index (χ0v) is 8.75. The quantitative estimate of drug-likeness (QED) is 0.809. The van der Waals surface area contributed by atoms with E-state index in [1.165, 1.54) is 0 Å². The van der Waals surface area contributed by atoms with E-state index in [-0.39, 0.29) is 12.4 Å². The van der Waals surface area contributed by atoms with Crippen molar-refractivity contribution in [2.45, 2.75) is 13.3 Å². The summed E-state index contributed by atoms with van der Waals surface area (Å²) in [5.74, 6) is 0.131. The number of aromatic hydroxyl groups is 1. The Morgan fingerprint density at radius 1 is 1.43 bits per heavy atom. The molecule has 2 N–H and O–H groups in total. The van der Waals surface area contributed by atoms with Crippen molar-refractivity contribution in [3.63, 3.8) is 0 Å². The Morgan fingerprint density at radius 2 is 2.14 bits per heavy atom. The summed E-state index contributed by atoms with van der Waals surface area (Å²) < 4.78 is 0. The summed E-state index contributed by atoms with van der Waals surface area (Å²) in [5.41, 5.74) is 1.68. The van der Waals surface area contributed by atoms with Crippen LogP contribution in [-0.4, -0.2) is 16.8 Å². The molecule has 0 fully saturated rings. The molecule has 76 valence electrons. The molecule has 0 radical (unpaired) electrons. The van der Waals surface area contributed by atoms with Gasteiger partial charge in [0.05, 0.1) is 5.02 Å². The van der Waals surface area contributed by atoms with Gasteiger partial charge in [-0.3, -0.25) is 0 Å². The molecule has 1 aromatic rings. The molecule has 1 rings (SSSR count). The number of hydrogen-bond acceptors (Lipinski definition) is 2. The van der Waals surface area contributed by atoms with Gasteiger partial charge in [0, 0.05) is 6.61 Å². The third kappa shape index (κ3) is 2.76. The standard InChI is InChI=1S/C11H13ClO2/c1-8-6-9(4-2-3-5-13)7-10(12)11(8)14/h2,4,6-7,13-14H,3,5H2,1H3. The molecular formula is C11H13ClO2. The first-order valence-electron chi connectivity index (χ1n) is 4.41. The average Bonchev–Trinajstić information content (AvgIpc) is 2.14. The van der Waals surface area contributed by atoms with Crippen molar-refractivity contribution in [3.8, 4) is 5.75 Å². The number of aliphatic hydroxyl groups is 1. The summed E-state index contributed by atoms with van der Waals surface area (Å²) in [4.78, 5) is 0. The van der Waals surface area contributed by atoms with Crippen LogP contribution in [0.2, 0.25) is 5.02 Å². The lowest BCUT2D eigenvalue weighted by molar-refractivity contribution is 0.303. The summed E-state index contributed by atoms with van der Waals surface area (Å²) in [6, 6.07) is 3.53. The van der Waals surface area contributed by atoms with Crippen LogP contribution in [0.1, 0.15) is 17.5 Å². The minimum atomic E-state index is 0.131. The highest BCUT2D eigenvalue weighted by molar-refractivity contribution is 6.32. The molecule has 0 aliphatic carbocycles. The van der Waals surface area contributed by atoms with Crippen LogP contribution in [-0.2, 0) is 0 Å². The number of halogens is 1. The predicted octanol–water partition coefficient (Wildman–Crippen LogP) is 2.75. The van der Waals surface area contributed by atoms with Gasteiger partial charge in [0.25, 0.3) is 0 Å². The smallest absolute Gasteiger partial charge is 0.137 e. The maximum absolute atomic E-state index is 9.41. The summed E-state index contributed by atoms with van der Waals surface area (Å²) >= 11 is 5.80. The van der Waals surface area contributed by atoms with Crippen molar-refractivity contribution in [2.24, 2.45) is 0 Å². The van der Waals surface area contributed by atoms with E-state index in [2.05, 4.69) is 0 Å². The largest absolute Gasteiger partial charge is 0.506 e. The van der Waals surface area contributed by atoms with E-state index < -0.39 is 0 Å². The van der Waals surface area contributed by atoms with Crippen molar-refractivity contribution >= 4 is 17.7 Å². The second-order valence-corrected chi connectivity index (χ2v) is 3.49. The Morgan fingerprint density at radius 3 is 2.71 bits per heavy atom. The van der Waals surface area contributed by atoms with Crippen molar-refractivity contribution in [2.75, 3.05) is 6.61 Å². The molecule has 0 saturated carbocycles. The van der Waals surface area contributed by atoms with E-state index >= 15 is 0 Å². The second-order valence-electron chi connectivity index (χ2n) is 3.08. The van der Waals surface area contributed by atoms with Gasteiger partial charge in [-0.25, -0.2) is 0 Å². The van der Waals surface area contributed by atoms with E-state index in [9.17, 15) is 5.11 Å². The number of phenols is 1. The van der Waals surface area contributed by atoms with Crippen LogP contribution in [0, 0.1) is 6.92 Å². The molecule has 0 aliphatic heterocycles. The van der Waals surface area contributed by atoms with Gasteiger partial charge in [0.2, 0.25) is 0 Å². The monoisotopic (exact) mass is 212 g/mol. The zero-order chi connectivity index (χ0) is 10.6. The molecule has 0 bridgehead atoms. The zero-order valence-electron chi connectivity index (χ0n) is 8.00. The highest BCUT2D eigenvalue weighted by Gasteiger charge is 2.02. The Hall–Kier alpha value is -0.990. The lowest BCUT2D eigenvalue weighted by atomic mass is 10.1. The molecule has 0 heterocycles. The summed E-state index contributed by atoms with van der Waals surface area (Å²) in [7, 11) is 0. The van der Waals surface area contributed by atoms with Crippen LogP contribution in [0.4, 0.5) is 0 Å². The molecule has 2 nitrogen and oxygen atoms in total. The lowest BCUT2D eigenvalue weighted by Crippen LogP contribution is -1.81. The van der Waals surface area contributed by atoms with Gasteiger partial charge in [-0.15, -0.1) is 0 Å². The van der Waals surface area contributed by atoms with Gasteiger partial charge in [-0.2, -0.15) is 0 Å². The van der Waals surface area contributed by atoms with Crippen molar-refractivity contribution in [1.82, 2.24) is 0 Å². The second kappa shape index (κ2) is 5.03. The van der Waals surface area contributed by atoms with E-state index in [0.717, 1.165) is 11.1 Å². The van der Waals surface area contributed by atoms with Gasteiger partial charge >= 0.3 is 0 Å². The molecule has 0 aliphatic rings. The fraction of sp³-hybridized carbons (Fsp3) is 0.273. The van der Waals surface area contributed by atoms with Crippen LogP contribution in [0.3, 0.4) is 0 Å². The highest BCUT2D eigenvalue weighted by atomic mass is 35.5. The summed E-state index contributed by atoms with van der Waals surface area (Å²) in [6.07, 6.45) is 4.36.